The lowest BCUT2D eigenvalue weighted by atomic mass is 9.73. The van der Waals surface area contributed by atoms with Crippen molar-refractivity contribution in [3.63, 3.8) is 0 Å². The minimum absolute atomic E-state index is 0.120. The SMILES string of the molecule is Cn1nc(N)c2cccc(-c3ccc(C#CC(C)(C)O)nc3[C@H](Cc3cc(F)cc(F)c3)NC(=O)Cn3nc(C(F)F)c4c3C(F)(F)[C@@H]3CC[C@H]43)c21. The number of amides is 1. The molecule has 2 aromatic carbocycles. The maximum Gasteiger partial charge on any atom is 0.293 e. The highest BCUT2D eigenvalue weighted by atomic mass is 19.3. The highest BCUT2D eigenvalue weighted by Gasteiger charge is 2.62. The Morgan fingerprint density at radius 2 is 1.81 bits per heavy atom. The minimum Gasteiger partial charge on any atom is -0.382 e. The maximum absolute atomic E-state index is 15.5. The second kappa shape index (κ2) is 12.7. The lowest BCUT2D eigenvalue weighted by Gasteiger charge is -2.34. The van der Waals surface area contributed by atoms with Crippen molar-refractivity contribution < 1.29 is 36.2 Å². The van der Waals surface area contributed by atoms with Crippen LogP contribution in [0.15, 0.2) is 48.5 Å². The molecule has 0 spiro atoms. The molecule has 3 atom stereocenters. The van der Waals surface area contributed by atoms with Crippen LogP contribution in [0.5, 0.6) is 0 Å². The Balaban J connectivity index is 1.36. The van der Waals surface area contributed by atoms with Crippen LogP contribution in [0.25, 0.3) is 22.0 Å². The van der Waals surface area contributed by atoms with Crippen molar-refractivity contribution in [3.05, 3.63) is 94.1 Å². The molecule has 52 heavy (non-hydrogen) atoms. The van der Waals surface area contributed by atoms with Gasteiger partial charge < -0.3 is 16.2 Å². The van der Waals surface area contributed by atoms with Gasteiger partial charge in [-0.15, -0.1) is 0 Å². The number of nitrogens with one attached hydrogen (secondary N) is 1. The van der Waals surface area contributed by atoms with E-state index in [1.54, 1.807) is 42.1 Å². The number of aryl methyl sites for hydroxylation is 1. The summed E-state index contributed by atoms with van der Waals surface area (Å²) in [6, 6.07) is 10.2. The summed E-state index contributed by atoms with van der Waals surface area (Å²) in [4.78, 5) is 18.6. The zero-order chi connectivity index (χ0) is 37.3. The average Bonchev–Trinajstić information content (AvgIpc) is 3.59. The summed E-state index contributed by atoms with van der Waals surface area (Å²) in [5.74, 6) is -2.31. The summed E-state index contributed by atoms with van der Waals surface area (Å²) in [6.07, 6.45) is -2.91. The third-order valence-corrected chi connectivity index (χ3v) is 9.58. The number of pyridine rings is 1. The molecular weight excluding hydrogens is 688 g/mol. The first kappa shape index (κ1) is 35.1. The molecule has 2 aliphatic rings. The van der Waals surface area contributed by atoms with Crippen molar-refractivity contribution >= 4 is 22.6 Å². The third kappa shape index (κ3) is 6.25. The molecule has 2 aliphatic carbocycles. The number of alkyl halides is 4. The van der Waals surface area contributed by atoms with Crippen LogP contribution in [0.2, 0.25) is 0 Å². The number of fused-ring (bicyclic) bond motifs is 4. The van der Waals surface area contributed by atoms with E-state index in [2.05, 4.69) is 27.4 Å². The van der Waals surface area contributed by atoms with Crippen LogP contribution in [0.4, 0.5) is 32.2 Å². The van der Waals surface area contributed by atoms with Gasteiger partial charge >= 0.3 is 0 Å². The summed E-state index contributed by atoms with van der Waals surface area (Å²) in [5, 5.41) is 21.8. The number of carbonyl (C=O) groups excluding carboxylic acids is 1. The fourth-order valence-electron chi connectivity index (χ4n) is 7.34. The first-order valence-corrected chi connectivity index (χ1v) is 16.5. The van der Waals surface area contributed by atoms with Crippen LogP contribution in [-0.2, 0) is 30.7 Å². The van der Waals surface area contributed by atoms with Gasteiger partial charge in [-0.2, -0.15) is 19.0 Å². The Morgan fingerprint density at radius 3 is 2.46 bits per heavy atom. The molecule has 1 fully saturated rings. The Labute approximate surface area is 293 Å². The molecule has 0 unspecified atom stereocenters. The number of rotatable bonds is 8. The minimum atomic E-state index is -3.47. The highest BCUT2D eigenvalue weighted by molar-refractivity contribution is 6.00. The molecule has 3 heterocycles. The van der Waals surface area contributed by atoms with Crippen molar-refractivity contribution in [1.82, 2.24) is 29.9 Å². The van der Waals surface area contributed by atoms with Gasteiger partial charge in [-0.05, 0) is 80.8 Å². The van der Waals surface area contributed by atoms with Crippen LogP contribution >= 0.6 is 0 Å². The molecule has 1 saturated carbocycles. The number of hydrogen-bond acceptors (Lipinski definition) is 6. The number of nitrogen functional groups attached to an aromatic ring is 1. The van der Waals surface area contributed by atoms with Gasteiger partial charge in [-0.1, -0.05) is 18.1 Å². The van der Waals surface area contributed by atoms with Gasteiger partial charge in [-0.25, -0.2) is 22.5 Å². The number of anilines is 1. The van der Waals surface area contributed by atoms with E-state index in [1.165, 1.54) is 13.8 Å². The number of aliphatic hydroxyl groups is 1. The number of nitrogens with zero attached hydrogens (tertiary/aromatic N) is 5. The monoisotopic (exact) mass is 721 g/mol. The number of nitrogens with two attached hydrogens (primary N) is 1. The quantitative estimate of drug-likeness (QED) is 0.125. The van der Waals surface area contributed by atoms with E-state index in [9.17, 15) is 27.5 Å². The number of aromatic nitrogens is 5. The van der Waals surface area contributed by atoms with Crippen LogP contribution in [0.1, 0.15) is 79.0 Å². The van der Waals surface area contributed by atoms with Crippen LogP contribution in [0, 0.1) is 29.4 Å². The molecular formula is C37H33F6N7O2. The zero-order valence-electron chi connectivity index (χ0n) is 28.2. The Kier molecular flexibility index (Phi) is 8.56. The first-order chi connectivity index (χ1) is 24.5. The van der Waals surface area contributed by atoms with Crippen molar-refractivity contribution in [2.24, 2.45) is 13.0 Å². The summed E-state index contributed by atoms with van der Waals surface area (Å²) < 4.78 is 90.4. The molecule has 0 saturated heterocycles. The summed E-state index contributed by atoms with van der Waals surface area (Å²) in [6.45, 7) is 2.11. The first-order valence-electron chi connectivity index (χ1n) is 16.5. The predicted octanol–water partition coefficient (Wildman–Crippen LogP) is 6.45. The molecule has 9 nitrogen and oxygen atoms in total. The highest BCUT2D eigenvalue weighted by Crippen LogP contribution is 2.63. The van der Waals surface area contributed by atoms with E-state index in [0.29, 0.717) is 39.2 Å². The van der Waals surface area contributed by atoms with E-state index in [0.717, 1.165) is 12.1 Å². The van der Waals surface area contributed by atoms with Crippen LogP contribution in [-0.4, -0.2) is 41.2 Å². The van der Waals surface area contributed by atoms with Crippen LogP contribution < -0.4 is 11.1 Å². The van der Waals surface area contributed by atoms with Gasteiger partial charge in [0.2, 0.25) is 5.91 Å². The third-order valence-electron chi connectivity index (χ3n) is 9.58. The molecule has 15 heteroatoms. The van der Waals surface area contributed by atoms with E-state index in [-0.39, 0.29) is 41.2 Å². The van der Waals surface area contributed by atoms with Crippen molar-refractivity contribution in [2.75, 3.05) is 5.73 Å². The fourth-order valence-corrected chi connectivity index (χ4v) is 7.34. The lowest BCUT2D eigenvalue weighted by molar-refractivity contribution is -0.123. The summed E-state index contributed by atoms with van der Waals surface area (Å²) in [7, 11) is 1.69. The molecule has 0 aliphatic heterocycles. The van der Waals surface area contributed by atoms with Crippen molar-refractivity contribution in [3.8, 4) is 23.0 Å². The Morgan fingerprint density at radius 1 is 1.08 bits per heavy atom. The second-order valence-corrected chi connectivity index (χ2v) is 13.8. The van der Waals surface area contributed by atoms with E-state index in [1.807, 2.05) is 0 Å². The number of carbonyl (C=O) groups is 1. The van der Waals surface area contributed by atoms with E-state index in [4.69, 9.17) is 10.7 Å². The summed E-state index contributed by atoms with van der Waals surface area (Å²) in [5.41, 5.74) is 5.16. The average molecular weight is 722 g/mol. The van der Waals surface area contributed by atoms with Gasteiger partial charge in [-0.3, -0.25) is 14.2 Å². The molecule has 270 valence electrons. The smallest absolute Gasteiger partial charge is 0.293 e. The number of hydrogen-bond donors (Lipinski definition) is 3. The van der Waals surface area contributed by atoms with Gasteiger partial charge in [0.15, 0.2) is 5.82 Å². The second-order valence-electron chi connectivity index (χ2n) is 13.8. The van der Waals surface area contributed by atoms with Crippen LogP contribution in [0.3, 0.4) is 0 Å². The number of para-hydroxylation sites is 1. The van der Waals surface area contributed by atoms with Crippen molar-refractivity contribution in [2.45, 2.75) is 69.6 Å². The molecule has 1 amide bonds. The Hall–Kier alpha value is -5.36. The fraction of sp³-hybridized carbons (Fsp3) is 0.351. The van der Waals surface area contributed by atoms with Gasteiger partial charge in [0, 0.05) is 41.1 Å². The molecule has 3 aromatic heterocycles. The number of benzene rings is 2. The van der Waals surface area contributed by atoms with Gasteiger partial charge in [0.1, 0.15) is 40.9 Å². The van der Waals surface area contributed by atoms with Crippen molar-refractivity contribution in [1.29, 1.82) is 0 Å². The molecule has 4 N–H and O–H groups in total. The van der Waals surface area contributed by atoms with Gasteiger partial charge in [0.25, 0.3) is 12.3 Å². The maximum atomic E-state index is 15.5. The predicted molar refractivity (Wildman–Crippen MR) is 179 cm³/mol. The molecule has 5 aromatic rings. The molecule has 0 radical (unpaired) electrons. The normalized spacial score (nSPS) is 18.1. The summed E-state index contributed by atoms with van der Waals surface area (Å²) >= 11 is 0. The molecule has 7 rings (SSSR count). The molecule has 0 bridgehead atoms. The zero-order valence-corrected chi connectivity index (χ0v) is 28.2. The number of halogens is 6. The standard InChI is InChI=1S/C37H33F6N7O2/c1-36(2,52)12-11-21-7-8-22(23-5-4-6-25-32(23)49(3)48-35(25)44)30(45-21)27(15-18-13-19(38)16-20(39)14-18)46-28(51)17-50-33-29(31(47-50)34(40)41)24-9-10-26(24)37(33,42)43/h4-8,13-14,16,24,26-27,34,52H,9-10,15,17H2,1-3H3,(H2,44,48)(H,46,51)/t24-,26+,27-/m0/s1. The largest absolute Gasteiger partial charge is 0.382 e. The topological polar surface area (TPSA) is 124 Å². The lowest BCUT2D eigenvalue weighted by Crippen LogP contribution is -2.36. The Bertz CT molecular complexity index is 2280. The van der Waals surface area contributed by atoms with Gasteiger partial charge in [0.05, 0.1) is 17.3 Å². The van der Waals surface area contributed by atoms with E-state index < -0.39 is 71.3 Å². The van der Waals surface area contributed by atoms with E-state index >= 15 is 8.78 Å².